The van der Waals surface area contributed by atoms with Gasteiger partial charge in [-0.05, 0) is 44.9 Å². The molecule has 132 valence electrons. The summed E-state index contributed by atoms with van der Waals surface area (Å²) in [6.07, 6.45) is 7.67. The van der Waals surface area contributed by atoms with E-state index in [0.717, 1.165) is 74.8 Å². The Morgan fingerprint density at radius 2 is 2.04 bits per heavy atom. The maximum Gasteiger partial charge on any atom is 0.161 e. The number of pyridine rings is 1. The Hall–Kier alpha value is -2.05. The molecule has 0 spiro atoms. The van der Waals surface area contributed by atoms with Gasteiger partial charge >= 0.3 is 0 Å². The van der Waals surface area contributed by atoms with Gasteiger partial charge in [-0.1, -0.05) is 0 Å². The second-order valence-electron chi connectivity index (χ2n) is 7.06. The molecule has 2 aliphatic heterocycles. The molecule has 0 aromatic carbocycles. The molecule has 4 rings (SSSR count). The van der Waals surface area contributed by atoms with E-state index in [4.69, 9.17) is 14.7 Å². The van der Waals surface area contributed by atoms with Gasteiger partial charge in [0.1, 0.15) is 5.82 Å². The van der Waals surface area contributed by atoms with E-state index in [0.29, 0.717) is 0 Å². The fourth-order valence-electron chi connectivity index (χ4n) is 3.57. The fourth-order valence-corrected chi connectivity index (χ4v) is 3.57. The Kier molecular flexibility index (Phi) is 4.63. The lowest BCUT2D eigenvalue weighted by molar-refractivity contribution is 0.0314. The molecule has 0 saturated carbocycles. The van der Waals surface area contributed by atoms with Crippen LogP contribution in [0.5, 0.6) is 0 Å². The number of anilines is 1. The number of hydrogen-bond acceptors (Lipinski definition) is 6. The van der Waals surface area contributed by atoms with Crippen molar-refractivity contribution in [2.75, 3.05) is 31.6 Å². The summed E-state index contributed by atoms with van der Waals surface area (Å²) in [6.45, 7) is 5.73. The lowest BCUT2D eigenvalue weighted by atomic mass is 10.0. The van der Waals surface area contributed by atoms with E-state index in [2.05, 4.69) is 22.5 Å². The maximum atomic E-state index is 5.92. The molecule has 4 heterocycles. The normalized spacial score (nSPS) is 23.1. The molecule has 0 amide bonds. The molecule has 2 aromatic rings. The second-order valence-corrected chi connectivity index (χ2v) is 7.06. The highest BCUT2D eigenvalue weighted by atomic mass is 16.5. The van der Waals surface area contributed by atoms with E-state index in [-0.39, 0.29) is 5.60 Å². The molecule has 6 nitrogen and oxygen atoms in total. The van der Waals surface area contributed by atoms with Crippen LogP contribution in [0.4, 0.5) is 5.82 Å². The monoisotopic (exact) mass is 339 g/mol. The van der Waals surface area contributed by atoms with E-state index in [1.165, 1.54) is 5.56 Å². The minimum atomic E-state index is -0.0996. The van der Waals surface area contributed by atoms with Crippen LogP contribution in [0.25, 0.3) is 11.4 Å². The summed E-state index contributed by atoms with van der Waals surface area (Å²) in [5.74, 6) is 1.72. The molecule has 2 N–H and O–H groups in total. The Morgan fingerprint density at radius 1 is 1.20 bits per heavy atom. The minimum absolute atomic E-state index is 0.0996. The Balaban J connectivity index is 1.67. The van der Waals surface area contributed by atoms with Crippen LogP contribution in [-0.2, 0) is 17.6 Å². The third-order valence-corrected chi connectivity index (χ3v) is 5.05. The summed E-state index contributed by atoms with van der Waals surface area (Å²) in [4.78, 5) is 13.8. The number of fused-ring (bicyclic) bond motifs is 1. The number of rotatable bonds is 4. The van der Waals surface area contributed by atoms with Gasteiger partial charge in [0.25, 0.3) is 0 Å². The molecular weight excluding hydrogens is 314 g/mol. The zero-order chi connectivity index (χ0) is 17.1. The zero-order valence-electron chi connectivity index (χ0n) is 14.7. The quantitative estimate of drug-likeness (QED) is 0.890. The van der Waals surface area contributed by atoms with Crippen LogP contribution in [-0.4, -0.2) is 46.8 Å². The molecule has 2 aromatic heterocycles. The Bertz CT molecular complexity index is 728. The molecular formula is C19H25N5O. The molecule has 0 bridgehead atoms. The lowest BCUT2D eigenvalue weighted by Crippen LogP contribution is -2.33. The summed E-state index contributed by atoms with van der Waals surface area (Å²) in [7, 11) is 0. The molecule has 6 heteroatoms. The van der Waals surface area contributed by atoms with Gasteiger partial charge in [-0.3, -0.25) is 4.98 Å². The van der Waals surface area contributed by atoms with Crippen LogP contribution >= 0.6 is 0 Å². The van der Waals surface area contributed by atoms with Crippen LogP contribution < -0.4 is 10.6 Å². The van der Waals surface area contributed by atoms with Crippen molar-refractivity contribution in [2.24, 2.45) is 0 Å². The fraction of sp³-hybridized carbons (Fsp3) is 0.526. The summed E-state index contributed by atoms with van der Waals surface area (Å²) in [6, 6.07) is 3.92. The number of ether oxygens (including phenoxy) is 1. The zero-order valence-corrected chi connectivity index (χ0v) is 14.7. The minimum Gasteiger partial charge on any atom is -0.373 e. The van der Waals surface area contributed by atoms with Gasteiger partial charge in [-0.15, -0.1) is 0 Å². The van der Waals surface area contributed by atoms with Gasteiger partial charge in [0.05, 0.1) is 11.3 Å². The van der Waals surface area contributed by atoms with E-state index in [1.807, 2.05) is 12.1 Å². The van der Waals surface area contributed by atoms with E-state index < -0.39 is 0 Å². The first kappa shape index (κ1) is 16.4. The van der Waals surface area contributed by atoms with Gasteiger partial charge in [0.2, 0.25) is 0 Å². The average molecular weight is 339 g/mol. The van der Waals surface area contributed by atoms with Crippen molar-refractivity contribution in [3.05, 3.63) is 35.8 Å². The van der Waals surface area contributed by atoms with Crippen LogP contribution in [0.1, 0.15) is 31.0 Å². The van der Waals surface area contributed by atoms with Crippen molar-refractivity contribution in [3.8, 4) is 11.4 Å². The summed E-state index contributed by atoms with van der Waals surface area (Å²) in [5, 5.41) is 7.03. The third-order valence-electron chi connectivity index (χ3n) is 5.05. The van der Waals surface area contributed by atoms with Crippen LogP contribution in [0, 0.1) is 0 Å². The van der Waals surface area contributed by atoms with Gasteiger partial charge in [-0.25, -0.2) is 9.97 Å². The molecule has 25 heavy (non-hydrogen) atoms. The summed E-state index contributed by atoms with van der Waals surface area (Å²) in [5.41, 5.74) is 3.29. The molecule has 1 atom stereocenters. The largest absolute Gasteiger partial charge is 0.373 e. The van der Waals surface area contributed by atoms with Crippen LogP contribution in [0.2, 0.25) is 0 Å². The summed E-state index contributed by atoms with van der Waals surface area (Å²) >= 11 is 0. The first-order valence-electron chi connectivity index (χ1n) is 9.12. The van der Waals surface area contributed by atoms with Crippen molar-refractivity contribution in [3.63, 3.8) is 0 Å². The predicted octanol–water partition coefficient (Wildman–Crippen LogP) is 2.21. The topological polar surface area (TPSA) is 72.0 Å². The highest BCUT2D eigenvalue weighted by Crippen LogP contribution is 2.28. The number of hydrogen-bond donors (Lipinski definition) is 2. The molecule has 0 radical (unpaired) electrons. The van der Waals surface area contributed by atoms with Crippen molar-refractivity contribution in [1.29, 1.82) is 0 Å². The molecule has 0 aliphatic carbocycles. The van der Waals surface area contributed by atoms with Crippen molar-refractivity contribution >= 4 is 5.82 Å². The number of nitrogens with one attached hydrogen (secondary N) is 2. The Morgan fingerprint density at radius 3 is 2.84 bits per heavy atom. The van der Waals surface area contributed by atoms with Crippen LogP contribution in [0.3, 0.4) is 0 Å². The second kappa shape index (κ2) is 7.06. The third kappa shape index (κ3) is 3.65. The van der Waals surface area contributed by atoms with Gasteiger partial charge in [0.15, 0.2) is 5.82 Å². The predicted molar refractivity (Wildman–Crippen MR) is 97.6 cm³/mol. The van der Waals surface area contributed by atoms with Crippen LogP contribution in [0.15, 0.2) is 24.5 Å². The highest BCUT2D eigenvalue weighted by Gasteiger charge is 2.30. The molecule has 1 unspecified atom stereocenters. The SMILES string of the molecule is CC1(CNc2nc(-c3ccncc3)nc3c2CCNCC3)CCCO1. The number of nitrogens with zero attached hydrogens (tertiary/aromatic N) is 3. The smallest absolute Gasteiger partial charge is 0.161 e. The Labute approximate surface area is 148 Å². The van der Waals surface area contributed by atoms with Crippen molar-refractivity contribution in [2.45, 2.75) is 38.2 Å². The van der Waals surface area contributed by atoms with Gasteiger partial charge in [-0.2, -0.15) is 0 Å². The maximum absolute atomic E-state index is 5.92. The van der Waals surface area contributed by atoms with E-state index in [9.17, 15) is 0 Å². The van der Waals surface area contributed by atoms with E-state index >= 15 is 0 Å². The molecule has 1 saturated heterocycles. The van der Waals surface area contributed by atoms with Crippen molar-refractivity contribution in [1.82, 2.24) is 20.3 Å². The first-order chi connectivity index (χ1) is 12.2. The molecule has 1 fully saturated rings. The highest BCUT2D eigenvalue weighted by molar-refractivity contribution is 5.59. The van der Waals surface area contributed by atoms with E-state index in [1.54, 1.807) is 12.4 Å². The van der Waals surface area contributed by atoms with Gasteiger partial charge < -0.3 is 15.4 Å². The lowest BCUT2D eigenvalue weighted by Gasteiger charge is -2.25. The van der Waals surface area contributed by atoms with Crippen molar-refractivity contribution < 1.29 is 4.74 Å². The standard InChI is InChI=1S/C19H25N5O/c1-19(7-2-12-25-19)13-22-18-15-5-10-21-11-6-16(15)23-17(24-18)14-3-8-20-9-4-14/h3-4,8-9,21H,2,5-7,10-13H2,1H3,(H,22,23,24). The average Bonchev–Trinajstić information content (AvgIpc) is 2.94. The number of aromatic nitrogens is 3. The first-order valence-corrected chi connectivity index (χ1v) is 9.12. The summed E-state index contributed by atoms with van der Waals surface area (Å²) < 4.78 is 5.92. The molecule has 2 aliphatic rings. The van der Waals surface area contributed by atoms with Gasteiger partial charge in [0, 0.05) is 49.6 Å².